The number of halogens is 1. The number of anilines is 1. The minimum absolute atomic E-state index is 0.0299. The number of benzene rings is 2. The van der Waals surface area contributed by atoms with Crippen molar-refractivity contribution in [3.05, 3.63) is 53.8 Å². The van der Waals surface area contributed by atoms with Crippen molar-refractivity contribution in [1.82, 2.24) is 0 Å². The van der Waals surface area contributed by atoms with Crippen LogP contribution in [0.3, 0.4) is 0 Å². The molecule has 0 radical (unpaired) electrons. The highest BCUT2D eigenvalue weighted by Crippen LogP contribution is 2.64. The fourth-order valence-electron chi connectivity index (χ4n) is 3.58. The standard InChI is InChI=1S/C19H23FN2O4S/c1-19(2)15(11-26-16-9-6-13(20)10-17(16)25-3)18(19)12-4-7-14(8-5-12)22-27(21,23)24/h4-10,15,18,22H,11H2,1-3H3,(H2,21,23,24)/t15-,18-/m0/s1. The van der Waals surface area contributed by atoms with Gasteiger partial charge in [0.25, 0.3) is 10.2 Å². The first-order valence-corrected chi connectivity index (χ1v) is 10.0. The second-order valence-electron chi connectivity index (χ2n) is 7.28. The summed E-state index contributed by atoms with van der Waals surface area (Å²) in [5.41, 5.74) is 1.55. The zero-order chi connectivity index (χ0) is 19.8. The van der Waals surface area contributed by atoms with E-state index in [1.165, 1.54) is 19.2 Å². The second kappa shape index (κ2) is 7.01. The maximum atomic E-state index is 13.3. The van der Waals surface area contributed by atoms with E-state index in [2.05, 4.69) is 18.6 Å². The molecule has 1 saturated carbocycles. The quantitative estimate of drug-likeness (QED) is 0.754. The molecule has 6 nitrogen and oxygen atoms in total. The first-order chi connectivity index (χ1) is 12.6. The summed E-state index contributed by atoms with van der Waals surface area (Å²) >= 11 is 0. The topological polar surface area (TPSA) is 90.7 Å². The first-order valence-electron chi connectivity index (χ1n) is 8.48. The van der Waals surface area contributed by atoms with Gasteiger partial charge in [-0.2, -0.15) is 8.42 Å². The summed E-state index contributed by atoms with van der Waals surface area (Å²) < 4.78 is 48.8. The van der Waals surface area contributed by atoms with E-state index in [0.29, 0.717) is 23.8 Å². The largest absolute Gasteiger partial charge is 0.493 e. The van der Waals surface area contributed by atoms with E-state index < -0.39 is 10.2 Å². The monoisotopic (exact) mass is 394 g/mol. The van der Waals surface area contributed by atoms with Gasteiger partial charge in [-0.15, -0.1) is 0 Å². The Bertz CT molecular complexity index is 929. The Kier molecular flexibility index (Phi) is 5.05. The highest BCUT2D eigenvalue weighted by Gasteiger charge is 2.58. The van der Waals surface area contributed by atoms with Crippen molar-refractivity contribution in [3.8, 4) is 11.5 Å². The van der Waals surface area contributed by atoms with Crippen molar-refractivity contribution >= 4 is 15.9 Å². The third-order valence-corrected chi connectivity index (χ3v) is 5.64. The summed E-state index contributed by atoms with van der Waals surface area (Å²) in [6.45, 7) is 4.78. The molecule has 1 aliphatic rings. The lowest BCUT2D eigenvalue weighted by molar-refractivity contribution is 0.263. The van der Waals surface area contributed by atoms with Gasteiger partial charge in [-0.25, -0.2) is 9.53 Å². The van der Waals surface area contributed by atoms with Crippen LogP contribution in [0.2, 0.25) is 0 Å². The fourth-order valence-corrected chi connectivity index (χ4v) is 4.04. The van der Waals surface area contributed by atoms with Crippen LogP contribution in [0.25, 0.3) is 0 Å². The molecule has 0 unspecified atom stereocenters. The number of hydrogen-bond donors (Lipinski definition) is 2. The Morgan fingerprint density at radius 1 is 1.15 bits per heavy atom. The van der Waals surface area contributed by atoms with Crippen LogP contribution in [-0.2, 0) is 10.2 Å². The Morgan fingerprint density at radius 2 is 1.81 bits per heavy atom. The molecule has 8 heteroatoms. The predicted molar refractivity (Wildman–Crippen MR) is 102 cm³/mol. The Balaban J connectivity index is 1.68. The number of nitrogens with one attached hydrogen (secondary N) is 1. The van der Waals surface area contributed by atoms with Crippen LogP contribution in [0.5, 0.6) is 11.5 Å². The normalized spacial score (nSPS) is 20.8. The van der Waals surface area contributed by atoms with Gasteiger partial charge in [0.2, 0.25) is 0 Å². The lowest BCUT2D eigenvalue weighted by Crippen LogP contribution is -2.21. The smallest absolute Gasteiger partial charge is 0.296 e. The summed E-state index contributed by atoms with van der Waals surface area (Å²) in [6.07, 6.45) is 0. The number of ether oxygens (including phenoxy) is 2. The zero-order valence-electron chi connectivity index (χ0n) is 15.4. The van der Waals surface area contributed by atoms with Crippen LogP contribution < -0.4 is 19.3 Å². The lowest BCUT2D eigenvalue weighted by Gasteiger charge is -2.11. The Morgan fingerprint density at radius 3 is 2.41 bits per heavy atom. The summed E-state index contributed by atoms with van der Waals surface area (Å²) in [4.78, 5) is 0. The third kappa shape index (κ3) is 4.33. The molecule has 0 amide bonds. The summed E-state index contributed by atoms with van der Waals surface area (Å²) in [5, 5.41) is 4.98. The van der Waals surface area contributed by atoms with Crippen molar-refractivity contribution in [2.45, 2.75) is 19.8 Å². The SMILES string of the molecule is COc1cc(F)ccc1OC[C@H]1[C@H](c2ccc(NS(N)(=O)=O)cc2)C1(C)C. The highest BCUT2D eigenvalue weighted by atomic mass is 32.2. The highest BCUT2D eigenvalue weighted by molar-refractivity contribution is 7.90. The average Bonchev–Trinajstić information content (AvgIpc) is 3.13. The van der Waals surface area contributed by atoms with E-state index in [9.17, 15) is 12.8 Å². The maximum Gasteiger partial charge on any atom is 0.296 e. The lowest BCUT2D eigenvalue weighted by atomic mass is 10.0. The minimum atomic E-state index is -3.79. The molecule has 27 heavy (non-hydrogen) atoms. The van der Waals surface area contributed by atoms with E-state index in [-0.39, 0.29) is 23.1 Å². The van der Waals surface area contributed by atoms with Gasteiger partial charge in [-0.3, -0.25) is 4.72 Å². The van der Waals surface area contributed by atoms with Gasteiger partial charge in [0.05, 0.1) is 13.7 Å². The molecule has 1 fully saturated rings. The van der Waals surface area contributed by atoms with Crippen LogP contribution in [0.15, 0.2) is 42.5 Å². The van der Waals surface area contributed by atoms with Crippen molar-refractivity contribution in [2.75, 3.05) is 18.4 Å². The van der Waals surface area contributed by atoms with E-state index in [4.69, 9.17) is 14.6 Å². The predicted octanol–water partition coefficient (Wildman–Crippen LogP) is 3.27. The van der Waals surface area contributed by atoms with Crippen molar-refractivity contribution < 1.29 is 22.3 Å². The van der Waals surface area contributed by atoms with Crippen LogP contribution in [-0.4, -0.2) is 22.1 Å². The molecule has 3 N–H and O–H groups in total. The Hall–Kier alpha value is -2.32. The van der Waals surface area contributed by atoms with Crippen LogP contribution >= 0.6 is 0 Å². The maximum absolute atomic E-state index is 13.3. The molecule has 0 spiro atoms. The molecule has 0 aliphatic heterocycles. The van der Waals surface area contributed by atoms with E-state index in [1.807, 2.05) is 12.1 Å². The van der Waals surface area contributed by atoms with E-state index in [0.717, 1.165) is 5.56 Å². The third-order valence-electron chi connectivity index (χ3n) is 5.12. The second-order valence-corrected chi connectivity index (χ2v) is 8.57. The van der Waals surface area contributed by atoms with Crippen LogP contribution in [0, 0.1) is 17.2 Å². The molecule has 2 aromatic carbocycles. The molecular weight excluding hydrogens is 371 g/mol. The number of methoxy groups -OCH3 is 1. The van der Waals surface area contributed by atoms with Gasteiger partial charge in [0.1, 0.15) is 5.82 Å². The average molecular weight is 394 g/mol. The minimum Gasteiger partial charge on any atom is -0.493 e. The molecule has 146 valence electrons. The number of nitrogens with two attached hydrogens (primary N) is 1. The Labute approximate surface area is 158 Å². The summed E-state index contributed by atoms with van der Waals surface area (Å²) in [5.74, 6) is 1.03. The molecule has 0 saturated heterocycles. The number of hydrogen-bond acceptors (Lipinski definition) is 4. The molecule has 2 aromatic rings. The summed E-state index contributed by atoms with van der Waals surface area (Å²) in [6, 6.07) is 11.3. The first kappa shape index (κ1) is 19.4. The van der Waals surface area contributed by atoms with E-state index in [1.54, 1.807) is 18.2 Å². The summed E-state index contributed by atoms with van der Waals surface area (Å²) in [7, 11) is -2.31. The van der Waals surface area contributed by atoms with Gasteiger partial charge in [0, 0.05) is 17.7 Å². The van der Waals surface area contributed by atoms with Gasteiger partial charge in [-0.1, -0.05) is 26.0 Å². The molecule has 0 heterocycles. The molecule has 0 bridgehead atoms. The van der Waals surface area contributed by atoms with Crippen molar-refractivity contribution in [2.24, 2.45) is 16.5 Å². The molecular formula is C19H23FN2O4S. The fraction of sp³-hybridized carbons (Fsp3) is 0.368. The van der Waals surface area contributed by atoms with Crippen molar-refractivity contribution in [1.29, 1.82) is 0 Å². The zero-order valence-corrected chi connectivity index (χ0v) is 16.2. The van der Waals surface area contributed by atoms with Crippen LogP contribution in [0.1, 0.15) is 25.3 Å². The van der Waals surface area contributed by atoms with Crippen LogP contribution in [0.4, 0.5) is 10.1 Å². The van der Waals surface area contributed by atoms with Gasteiger partial charge >= 0.3 is 0 Å². The van der Waals surface area contributed by atoms with Gasteiger partial charge < -0.3 is 9.47 Å². The van der Waals surface area contributed by atoms with Gasteiger partial charge in [0.15, 0.2) is 11.5 Å². The molecule has 1 aliphatic carbocycles. The van der Waals surface area contributed by atoms with E-state index >= 15 is 0 Å². The molecule has 3 rings (SSSR count). The number of rotatable bonds is 7. The molecule has 0 aromatic heterocycles. The van der Waals surface area contributed by atoms with Gasteiger partial charge in [-0.05, 0) is 41.2 Å². The van der Waals surface area contributed by atoms with Crippen molar-refractivity contribution in [3.63, 3.8) is 0 Å². The molecule has 2 atom stereocenters.